The molecule has 0 bridgehead atoms. The number of ether oxygens (including phenoxy) is 1. The van der Waals surface area contributed by atoms with Gasteiger partial charge in [0, 0.05) is 11.2 Å². The minimum atomic E-state index is -0.125. The fourth-order valence-corrected chi connectivity index (χ4v) is 1.72. The molecule has 0 aliphatic rings. The first-order chi connectivity index (χ1) is 7.59. The Morgan fingerprint density at radius 1 is 1.50 bits per heavy atom. The predicted molar refractivity (Wildman–Crippen MR) is 54.9 cm³/mol. The van der Waals surface area contributed by atoms with Crippen molar-refractivity contribution in [2.24, 2.45) is 0 Å². The molecule has 0 aliphatic carbocycles. The third kappa shape index (κ3) is 1.04. The number of benzene rings is 1. The van der Waals surface area contributed by atoms with Crippen molar-refractivity contribution in [3.05, 3.63) is 21.5 Å². The second-order valence-corrected chi connectivity index (χ2v) is 3.92. The molecule has 0 N–H and O–H groups in total. The average Bonchev–Trinajstić information content (AvgIpc) is 2.74. The first kappa shape index (κ1) is 9.14. The van der Waals surface area contributed by atoms with Gasteiger partial charge in [-0.25, -0.2) is 0 Å². The molecular weight excluding hydrogens is 212 g/mol. The maximum atomic E-state index is 11.5. The van der Waals surface area contributed by atoms with Gasteiger partial charge in [-0.3, -0.25) is 9.42 Å². The highest BCUT2D eigenvalue weighted by molar-refractivity contribution is 6.16. The monoisotopic (exact) mass is 220 g/mol. The Morgan fingerprint density at radius 2 is 2.25 bits per heavy atom. The number of aromatic nitrogens is 2. The van der Waals surface area contributed by atoms with Crippen LogP contribution in [-0.4, -0.2) is 11.3 Å². The highest BCUT2D eigenvalue weighted by Gasteiger charge is 2.29. The zero-order valence-corrected chi connectivity index (χ0v) is 8.68. The maximum Gasteiger partial charge on any atom is 0.260 e. The Labute approximate surface area is 89.2 Å². The number of hydrogen-bond donors (Lipinski definition) is 0. The zero-order valence-electron chi connectivity index (χ0n) is 8.68. The van der Waals surface area contributed by atoms with Crippen molar-refractivity contribution >= 4 is 21.8 Å². The van der Waals surface area contributed by atoms with E-state index in [1.54, 1.807) is 0 Å². The Kier molecular flexibility index (Phi) is 1.55. The highest BCUT2D eigenvalue weighted by Crippen LogP contribution is 2.33. The van der Waals surface area contributed by atoms with Crippen LogP contribution in [0.25, 0.3) is 21.8 Å². The number of nitrogens with zero attached hydrogens (tertiary/aromatic N) is 2. The van der Waals surface area contributed by atoms with Gasteiger partial charge in [-0.05, 0) is 18.8 Å². The van der Waals surface area contributed by atoms with Gasteiger partial charge in [-0.15, -0.1) is 0 Å². The molecule has 1 aromatic heterocycles. The molecule has 0 saturated carbocycles. The third-order valence-electron chi connectivity index (χ3n) is 2.40. The van der Waals surface area contributed by atoms with Crippen LogP contribution in [0.15, 0.2) is 15.5 Å². The highest BCUT2D eigenvalue weighted by atomic mass is 16.8. The van der Waals surface area contributed by atoms with E-state index in [1.807, 2.05) is 13.8 Å². The second kappa shape index (κ2) is 2.72. The SMILES string of the molecule is CC(C)Oc1cc2c(no[n+]2[O-])c2c(=O)c12. The fraction of sp³-hybridized carbons (Fsp3) is 0.300. The van der Waals surface area contributed by atoms with Gasteiger partial charge < -0.3 is 9.94 Å². The molecule has 0 spiro atoms. The molecule has 3 aromatic rings. The lowest BCUT2D eigenvalue weighted by Crippen LogP contribution is -2.22. The quantitative estimate of drug-likeness (QED) is 0.592. The topological polar surface area (TPSA) is 79.3 Å². The molecule has 16 heavy (non-hydrogen) atoms. The molecule has 0 amide bonds. The molecule has 0 atom stereocenters. The molecule has 0 saturated heterocycles. The van der Waals surface area contributed by atoms with Crippen molar-refractivity contribution in [2.75, 3.05) is 0 Å². The summed E-state index contributed by atoms with van der Waals surface area (Å²) in [5.74, 6) is 0.426. The average molecular weight is 220 g/mol. The summed E-state index contributed by atoms with van der Waals surface area (Å²) in [5.41, 5.74) is 0.408. The van der Waals surface area contributed by atoms with Crippen LogP contribution in [0.3, 0.4) is 0 Å². The normalized spacial score (nSPS) is 12.2. The number of rotatable bonds is 2. The molecule has 0 aliphatic heterocycles. The van der Waals surface area contributed by atoms with Gasteiger partial charge in [0.1, 0.15) is 5.75 Å². The van der Waals surface area contributed by atoms with Crippen LogP contribution in [0.4, 0.5) is 0 Å². The van der Waals surface area contributed by atoms with Gasteiger partial charge in [0.05, 0.1) is 16.9 Å². The van der Waals surface area contributed by atoms with Crippen LogP contribution in [0.2, 0.25) is 0 Å². The van der Waals surface area contributed by atoms with Gasteiger partial charge >= 0.3 is 0 Å². The van der Waals surface area contributed by atoms with Crippen molar-refractivity contribution in [3.63, 3.8) is 0 Å². The molecule has 1 heterocycles. The van der Waals surface area contributed by atoms with Crippen molar-refractivity contribution in [1.29, 1.82) is 0 Å². The van der Waals surface area contributed by atoms with E-state index < -0.39 is 0 Å². The fourth-order valence-electron chi connectivity index (χ4n) is 1.72. The maximum absolute atomic E-state index is 11.5. The first-order valence-electron chi connectivity index (χ1n) is 4.87. The summed E-state index contributed by atoms with van der Waals surface area (Å²) >= 11 is 0. The second-order valence-electron chi connectivity index (χ2n) is 3.92. The van der Waals surface area contributed by atoms with Crippen LogP contribution in [-0.2, 0) is 0 Å². The van der Waals surface area contributed by atoms with Gasteiger partial charge in [0.15, 0.2) is 0 Å². The lowest BCUT2D eigenvalue weighted by molar-refractivity contribution is -0.782. The van der Waals surface area contributed by atoms with Crippen LogP contribution < -0.4 is 15.1 Å². The molecule has 0 unspecified atom stereocenters. The Morgan fingerprint density at radius 3 is 2.94 bits per heavy atom. The third-order valence-corrected chi connectivity index (χ3v) is 2.40. The van der Waals surface area contributed by atoms with E-state index in [2.05, 4.69) is 9.79 Å². The zero-order chi connectivity index (χ0) is 11.4. The Bertz CT molecular complexity index is 703. The van der Waals surface area contributed by atoms with Gasteiger partial charge in [-0.1, -0.05) is 0 Å². The summed E-state index contributed by atoms with van der Waals surface area (Å²) in [5, 5.41) is 15.7. The van der Waals surface area contributed by atoms with Crippen molar-refractivity contribution < 1.29 is 14.3 Å². The molecule has 3 rings (SSSR count). The first-order valence-corrected chi connectivity index (χ1v) is 4.87. The minimum absolute atomic E-state index is 0.0603. The van der Waals surface area contributed by atoms with E-state index in [4.69, 9.17) is 4.74 Å². The molecule has 0 radical (unpaired) electrons. The van der Waals surface area contributed by atoms with Crippen molar-refractivity contribution in [1.82, 2.24) is 5.16 Å². The summed E-state index contributed by atoms with van der Waals surface area (Å²) < 4.78 is 9.90. The van der Waals surface area contributed by atoms with E-state index in [9.17, 15) is 10.0 Å². The molecule has 0 fully saturated rings. The van der Waals surface area contributed by atoms with Crippen LogP contribution in [0, 0.1) is 5.21 Å². The van der Waals surface area contributed by atoms with Gasteiger partial charge in [0.2, 0.25) is 10.9 Å². The summed E-state index contributed by atoms with van der Waals surface area (Å²) in [7, 11) is 0. The predicted octanol–water partition coefficient (Wildman–Crippen LogP) is 0.637. The van der Waals surface area contributed by atoms with Crippen molar-refractivity contribution in [2.45, 2.75) is 20.0 Å². The van der Waals surface area contributed by atoms with E-state index in [-0.39, 0.29) is 22.0 Å². The molecule has 82 valence electrons. The Balaban J connectivity index is 2.32. The lowest BCUT2D eigenvalue weighted by atomic mass is 10.3. The standard InChI is InChI=1S/C10H8N2O4/c1-4(2)15-6-3-5-9(11-16-12(5)14)8-7(6)10(8)13/h3-4H,1-2H3. The van der Waals surface area contributed by atoms with E-state index in [0.29, 0.717) is 22.0 Å². The number of fused-ring (bicyclic) bond motifs is 3. The smallest absolute Gasteiger partial charge is 0.260 e. The summed E-state index contributed by atoms with van der Waals surface area (Å²) in [6.07, 6.45) is -0.0603. The number of hydrogen-bond acceptors (Lipinski definition) is 5. The van der Waals surface area contributed by atoms with E-state index >= 15 is 0 Å². The largest absolute Gasteiger partial charge is 0.490 e. The molecule has 2 aromatic carbocycles. The molecular formula is C10H8N2O4. The summed E-state index contributed by atoms with van der Waals surface area (Å²) in [6.45, 7) is 3.70. The molecule has 6 nitrogen and oxygen atoms in total. The van der Waals surface area contributed by atoms with Crippen LogP contribution in [0.1, 0.15) is 13.8 Å². The van der Waals surface area contributed by atoms with Crippen LogP contribution >= 0.6 is 0 Å². The summed E-state index contributed by atoms with van der Waals surface area (Å²) in [4.78, 5) is 11.8. The van der Waals surface area contributed by atoms with E-state index in [1.165, 1.54) is 6.07 Å². The van der Waals surface area contributed by atoms with E-state index in [0.717, 1.165) is 0 Å². The lowest BCUT2D eigenvalue weighted by Gasteiger charge is -2.07. The molecule has 6 heteroatoms. The van der Waals surface area contributed by atoms with Gasteiger partial charge in [0.25, 0.3) is 5.52 Å². The Hall–Kier alpha value is -2.11. The van der Waals surface area contributed by atoms with Crippen molar-refractivity contribution in [3.8, 4) is 5.75 Å². The van der Waals surface area contributed by atoms with Gasteiger partial charge in [-0.2, -0.15) is 0 Å². The van der Waals surface area contributed by atoms with Crippen LogP contribution in [0.5, 0.6) is 5.75 Å². The summed E-state index contributed by atoms with van der Waals surface area (Å²) in [6, 6.07) is 1.49. The minimum Gasteiger partial charge on any atom is -0.490 e.